The highest BCUT2D eigenvalue weighted by Gasteiger charge is 2.18. The van der Waals surface area contributed by atoms with Gasteiger partial charge in [-0.15, -0.1) is 0 Å². The first-order chi connectivity index (χ1) is 8.76. The summed E-state index contributed by atoms with van der Waals surface area (Å²) in [4.78, 5) is 0. The molecule has 0 saturated carbocycles. The topological polar surface area (TPSA) is 25.2 Å². The molecule has 0 fully saturated rings. The summed E-state index contributed by atoms with van der Waals surface area (Å²) in [6, 6.07) is 10.1. The molecule has 0 spiro atoms. The molecular formula is C15H18ClNO. The van der Waals surface area contributed by atoms with E-state index < -0.39 is 0 Å². The highest BCUT2D eigenvalue weighted by molar-refractivity contribution is 6.30. The predicted octanol–water partition coefficient (Wildman–Crippen LogP) is 4.19. The molecule has 1 N–H and O–H groups in total. The third kappa shape index (κ3) is 2.77. The van der Waals surface area contributed by atoms with Gasteiger partial charge in [-0.1, -0.05) is 37.6 Å². The Hall–Kier alpha value is -1.25. The van der Waals surface area contributed by atoms with Gasteiger partial charge in [0, 0.05) is 17.0 Å². The Morgan fingerprint density at radius 3 is 2.78 bits per heavy atom. The zero-order chi connectivity index (χ0) is 13.0. The maximum Gasteiger partial charge on any atom is 0.108 e. The van der Waals surface area contributed by atoms with Crippen molar-refractivity contribution in [2.24, 2.45) is 0 Å². The van der Waals surface area contributed by atoms with E-state index in [0.29, 0.717) is 0 Å². The minimum atomic E-state index is 0.141. The van der Waals surface area contributed by atoms with E-state index >= 15 is 0 Å². The van der Waals surface area contributed by atoms with Gasteiger partial charge in [-0.3, -0.25) is 0 Å². The van der Waals surface area contributed by atoms with Gasteiger partial charge in [0.1, 0.15) is 5.76 Å². The van der Waals surface area contributed by atoms with E-state index in [-0.39, 0.29) is 6.04 Å². The Bertz CT molecular complexity index is 507. The Labute approximate surface area is 113 Å². The quantitative estimate of drug-likeness (QED) is 0.875. The van der Waals surface area contributed by atoms with Gasteiger partial charge in [-0.05, 0) is 30.3 Å². The lowest BCUT2D eigenvalue weighted by molar-refractivity contribution is 0.502. The van der Waals surface area contributed by atoms with Gasteiger partial charge in [-0.25, -0.2) is 0 Å². The van der Waals surface area contributed by atoms with E-state index in [2.05, 4.69) is 25.2 Å². The molecule has 1 aromatic heterocycles. The van der Waals surface area contributed by atoms with E-state index in [1.165, 1.54) is 11.1 Å². The molecule has 1 atom stereocenters. The second-order valence-corrected chi connectivity index (χ2v) is 4.63. The Kier molecular flexibility index (Phi) is 4.45. The largest absolute Gasteiger partial charge is 0.469 e. The Morgan fingerprint density at radius 2 is 2.11 bits per heavy atom. The molecule has 0 amide bonds. The second kappa shape index (κ2) is 6.07. The maximum atomic E-state index is 6.07. The van der Waals surface area contributed by atoms with Crippen LogP contribution in [0.1, 0.15) is 36.8 Å². The van der Waals surface area contributed by atoms with Crippen LogP contribution in [0.4, 0.5) is 0 Å². The molecule has 0 saturated heterocycles. The zero-order valence-electron chi connectivity index (χ0n) is 10.7. The summed E-state index contributed by atoms with van der Waals surface area (Å²) in [7, 11) is 0. The molecule has 0 bridgehead atoms. The summed E-state index contributed by atoms with van der Waals surface area (Å²) >= 11 is 6.07. The van der Waals surface area contributed by atoms with Crippen LogP contribution in [0, 0.1) is 0 Å². The van der Waals surface area contributed by atoms with Gasteiger partial charge < -0.3 is 9.73 Å². The highest BCUT2D eigenvalue weighted by atomic mass is 35.5. The average Bonchev–Trinajstić information content (AvgIpc) is 2.84. The molecule has 0 aliphatic carbocycles. The number of hydrogen-bond acceptors (Lipinski definition) is 2. The minimum absolute atomic E-state index is 0.141. The Balaban J connectivity index is 2.39. The van der Waals surface area contributed by atoms with Gasteiger partial charge in [0.2, 0.25) is 0 Å². The van der Waals surface area contributed by atoms with Crippen LogP contribution in [0.25, 0.3) is 0 Å². The molecule has 96 valence electrons. The first-order valence-corrected chi connectivity index (χ1v) is 6.69. The lowest BCUT2D eigenvalue weighted by atomic mass is 9.98. The number of rotatable bonds is 5. The molecule has 2 rings (SSSR count). The van der Waals surface area contributed by atoms with Gasteiger partial charge in [-0.2, -0.15) is 0 Å². The van der Waals surface area contributed by atoms with Crippen LogP contribution in [0.5, 0.6) is 0 Å². The first kappa shape index (κ1) is 13.2. The monoisotopic (exact) mass is 263 g/mol. The molecule has 3 heteroatoms. The van der Waals surface area contributed by atoms with Crippen LogP contribution in [0.3, 0.4) is 0 Å². The van der Waals surface area contributed by atoms with Gasteiger partial charge in [0.25, 0.3) is 0 Å². The van der Waals surface area contributed by atoms with E-state index in [1.54, 1.807) is 6.26 Å². The normalized spacial score (nSPS) is 12.6. The van der Waals surface area contributed by atoms with Crippen molar-refractivity contribution in [1.29, 1.82) is 0 Å². The third-order valence-electron chi connectivity index (χ3n) is 3.00. The number of furan rings is 1. The fourth-order valence-electron chi connectivity index (χ4n) is 2.19. The summed E-state index contributed by atoms with van der Waals surface area (Å²) in [5.41, 5.74) is 2.36. The number of benzene rings is 1. The van der Waals surface area contributed by atoms with E-state index in [4.69, 9.17) is 16.0 Å². The van der Waals surface area contributed by atoms with Crippen molar-refractivity contribution < 1.29 is 4.42 Å². The lowest BCUT2D eigenvalue weighted by Crippen LogP contribution is -2.22. The second-order valence-electron chi connectivity index (χ2n) is 4.20. The van der Waals surface area contributed by atoms with Gasteiger partial charge in [0.15, 0.2) is 0 Å². The number of nitrogens with one attached hydrogen (secondary N) is 1. The summed E-state index contributed by atoms with van der Waals surface area (Å²) in [5, 5.41) is 4.25. The molecule has 1 aromatic carbocycles. The highest BCUT2D eigenvalue weighted by Crippen LogP contribution is 2.27. The third-order valence-corrected chi connectivity index (χ3v) is 3.24. The van der Waals surface area contributed by atoms with Crippen molar-refractivity contribution in [3.8, 4) is 0 Å². The zero-order valence-corrected chi connectivity index (χ0v) is 11.5. The van der Waals surface area contributed by atoms with Crippen LogP contribution in [-0.2, 0) is 6.42 Å². The van der Waals surface area contributed by atoms with Crippen molar-refractivity contribution in [3.63, 3.8) is 0 Å². The van der Waals surface area contributed by atoms with Crippen molar-refractivity contribution >= 4 is 11.6 Å². The molecule has 2 aromatic rings. The molecule has 1 heterocycles. The first-order valence-electron chi connectivity index (χ1n) is 6.31. The molecule has 0 radical (unpaired) electrons. The number of aryl methyl sites for hydroxylation is 1. The summed E-state index contributed by atoms with van der Waals surface area (Å²) < 4.78 is 5.52. The SMILES string of the molecule is CCNC(c1cccc(Cl)c1)c1ccoc1CC. The Morgan fingerprint density at radius 1 is 1.28 bits per heavy atom. The number of halogens is 1. The van der Waals surface area contributed by atoms with Crippen molar-refractivity contribution in [3.05, 3.63) is 58.5 Å². The van der Waals surface area contributed by atoms with E-state index in [1.807, 2.05) is 24.3 Å². The molecule has 0 aliphatic rings. The number of hydrogen-bond donors (Lipinski definition) is 1. The summed E-state index contributed by atoms with van der Waals surface area (Å²) in [6.45, 7) is 5.10. The van der Waals surface area contributed by atoms with Crippen LogP contribution in [-0.4, -0.2) is 6.54 Å². The molecule has 2 nitrogen and oxygen atoms in total. The van der Waals surface area contributed by atoms with Crippen molar-refractivity contribution in [2.45, 2.75) is 26.3 Å². The summed E-state index contributed by atoms with van der Waals surface area (Å²) in [6.07, 6.45) is 2.65. The van der Waals surface area contributed by atoms with Crippen molar-refractivity contribution in [1.82, 2.24) is 5.32 Å². The van der Waals surface area contributed by atoms with Crippen LogP contribution in [0.15, 0.2) is 41.0 Å². The van der Waals surface area contributed by atoms with Gasteiger partial charge in [0.05, 0.1) is 12.3 Å². The van der Waals surface area contributed by atoms with Crippen molar-refractivity contribution in [2.75, 3.05) is 6.54 Å². The van der Waals surface area contributed by atoms with E-state index in [9.17, 15) is 0 Å². The molecule has 0 aliphatic heterocycles. The predicted molar refractivity (Wildman–Crippen MR) is 75.1 cm³/mol. The lowest BCUT2D eigenvalue weighted by Gasteiger charge is -2.18. The average molecular weight is 264 g/mol. The fraction of sp³-hybridized carbons (Fsp3) is 0.333. The summed E-state index contributed by atoms with van der Waals surface area (Å²) in [5.74, 6) is 1.03. The molecular weight excluding hydrogens is 246 g/mol. The smallest absolute Gasteiger partial charge is 0.108 e. The standard InChI is InChI=1S/C15H18ClNO/c1-3-14-13(8-9-18-14)15(17-4-2)11-6-5-7-12(16)10-11/h5-10,15,17H,3-4H2,1-2H3. The van der Waals surface area contributed by atoms with Crippen LogP contribution >= 0.6 is 11.6 Å². The van der Waals surface area contributed by atoms with Gasteiger partial charge >= 0.3 is 0 Å². The molecule has 1 unspecified atom stereocenters. The molecule has 18 heavy (non-hydrogen) atoms. The maximum absolute atomic E-state index is 6.07. The fourth-order valence-corrected chi connectivity index (χ4v) is 2.39. The van der Waals surface area contributed by atoms with Crippen LogP contribution < -0.4 is 5.32 Å². The van der Waals surface area contributed by atoms with E-state index in [0.717, 1.165) is 23.7 Å². The minimum Gasteiger partial charge on any atom is -0.469 e. The van der Waals surface area contributed by atoms with Crippen LogP contribution in [0.2, 0.25) is 5.02 Å².